The quantitative estimate of drug-likeness (QED) is 0.253. The molecular formula is C34H32N6. The van der Waals surface area contributed by atoms with Crippen molar-refractivity contribution in [3.63, 3.8) is 0 Å². The SMILES string of the molecule is CC(C)c1ccc(-c2cc(-c3ccc(N4CC5CC(C4)N5Cc4ccccc4)nc3)c3c(C#N)cnn3c2)cc1. The van der Waals surface area contributed by atoms with Gasteiger partial charge in [0, 0.05) is 60.8 Å². The summed E-state index contributed by atoms with van der Waals surface area (Å²) in [6.45, 7) is 7.44. The minimum absolute atomic E-state index is 0.485. The molecule has 2 aromatic carbocycles. The van der Waals surface area contributed by atoms with Gasteiger partial charge >= 0.3 is 0 Å². The van der Waals surface area contributed by atoms with Crippen LogP contribution in [0.3, 0.4) is 0 Å². The summed E-state index contributed by atoms with van der Waals surface area (Å²) < 4.78 is 1.83. The normalized spacial score (nSPS) is 18.6. The van der Waals surface area contributed by atoms with E-state index in [2.05, 4.69) is 108 Å². The van der Waals surface area contributed by atoms with E-state index in [-0.39, 0.29) is 0 Å². The number of hydrogen-bond donors (Lipinski definition) is 0. The predicted molar refractivity (Wildman–Crippen MR) is 159 cm³/mol. The Balaban J connectivity index is 1.16. The van der Waals surface area contributed by atoms with Gasteiger partial charge in [0.05, 0.1) is 17.3 Å². The van der Waals surface area contributed by atoms with E-state index < -0.39 is 0 Å². The molecule has 6 heteroatoms. The third kappa shape index (κ3) is 4.33. The van der Waals surface area contributed by atoms with Crippen LogP contribution >= 0.6 is 0 Å². The standard InChI is InChI=1S/C34H32N6/c1-23(2)25-8-10-26(11-9-25)28-14-32(34-29(16-35)18-37-40(34)20-28)27-12-13-33(36-17-27)38-21-30-15-31(22-38)39(30)19-24-6-4-3-5-7-24/h3-14,17-18,20,23,30-31H,15,19,21-22H2,1-2H3. The third-order valence-corrected chi connectivity index (χ3v) is 8.58. The zero-order valence-corrected chi connectivity index (χ0v) is 22.9. The van der Waals surface area contributed by atoms with Gasteiger partial charge in [-0.25, -0.2) is 9.50 Å². The lowest BCUT2D eigenvalue weighted by molar-refractivity contribution is -0.00867. The van der Waals surface area contributed by atoms with E-state index in [0.29, 0.717) is 23.6 Å². The van der Waals surface area contributed by atoms with E-state index in [1.807, 2.05) is 16.9 Å². The summed E-state index contributed by atoms with van der Waals surface area (Å²) >= 11 is 0. The minimum atomic E-state index is 0.485. The van der Waals surface area contributed by atoms with Crippen LogP contribution in [-0.4, -0.2) is 44.7 Å². The summed E-state index contributed by atoms with van der Waals surface area (Å²) in [5.41, 5.74) is 8.21. The van der Waals surface area contributed by atoms with Crippen molar-refractivity contribution in [3.05, 3.63) is 108 Å². The molecule has 0 saturated carbocycles. The second kappa shape index (κ2) is 9.93. The number of piperazine rings is 1. The minimum Gasteiger partial charge on any atom is -0.353 e. The van der Waals surface area contributed by atoms with Gasteiger partial charge in [-0.2, -0.15) is 10.4 Å². The van der Waals surface area contributed by atoms with Crippen molar-refractivity contribution in [2.24, 2.45) is 0 Å². The molecule has 3 aliphatic rings. The first-order chi connectivity index (χ1) is 19.6. The van der Waals surface area contributed by atoms with Crippen LogP contribution in [0.4, 0.5) is 5.82 Å². The number of pyridine rings is 2. The van der Waals surface area contributed by atoms with Crippen molar-refractivity contribution < 1.29 is 0 Å². The Labute approximate surface area is 235 Å². The van der Waals surface area contributed by atoms with E-state index in [0.717, 1.165) is 53.2 Å². The molecule has 6 heterocycles. The fraction of sp³-hybridized carbons (Fsp3) is 0.265. The largest absolute Gasteiger partial charge is 0.353 e. The molecule has 0 radical (unpaired) electrons. The predicted octanol–water partition coefficient (Wildman–Crippen LogP) is 6.52. The summed E-state index contributed by atoms with van der Waals surface area (Å²) in [6, 6.07) is 29.4. The number of hydrogen-bond acceptors (Lipinski definition) is 5. The average molecular weight is 525 g/mol. The molecule has 3 saturated heterocycles. The highest BCUT2D eigenvalue weighted by atomic mass is 15.4. The maximum Gasteiger partial charge on any atom is 0.128 e. The van der Waals surface area contributed by atoms with Crippen molar-refractivity contribution in [3.8, 4) is 28.3 Å². The molecule has 0 aliphatic carbocycles. The molecular weight excluding hydrogens is 492 g/mol. The molecule has 0 spiro atoms. The van der Waals surface area contributed by atoms with Crippen molar-refractivity contribution in [1.82, 2.24) is 19.5 Å². The molecule has 5 aromatic rings. The molecule has 0 N–H and O–H groups in total. The fourth-order valence-electron chi connectivity index (χ4n) is 6.30. The molecule has 3 fully saturated rings. The van der Waals surface area contributed by atoms with Gasteiger partial charge in [-0.1, -0.05) is 68.4 Å². The number of aromatic nitrogens is 3. The monoisotopic (exact) mass is 524 g/mol. The van der Waals surface area contributed by atoms with Crippen LogP contribution in [0.15, 0.2) is 91.4 Å². The van der Waals surface area contributed by atoms with Gasteiger partial charge in [0.1, 0.15) is 11.9 Å². The summed E-state index contributed by atoms with van der Waals surface area (Å²) in [6.07, 6.45) is 6.87. The average Bonchev–Trinajstić information content (AvgIpc) is 3.43. The molecule has 6 nitrogen and oxygen atoms in total. The Hall–Kier alpha value is -4.47. The highest BCUT2D eigenvalue weighted by Gasteiger charge is 2.44. The first-order valence-electron chi connectivity index (χ1n) is 14.1. The van der Waals surface area contributed by atoms with Crippen LogP contribution in [0.1, 0.15) is 42.9 Å². The number of fused-ring (bicyclic) bond motifs is 3. The van der Waals surface area contributed by atoms with E-state index >= 15 is 0 Å². The van der Waals surface area contributed by atoms with Gasteiger partial charge in [0.2, 0.25) is 0 Å². The zero-order valence-electron chi connectivity index (χ0n) is 22.9. The Morgan fingerprint density at radius 3 is 2.33 bits per heavy atom. The summed E-state index contributed by atoms with van der Waals surface area (Å²) in [4.78, 5) is 9.98. The van der Waals surface area contributed by atoms with Crippen molar-refractivity contribution in [2.45, 2.75) is 44.8 Å². The highest BCUT2D eigenvalue weighted by Crippen LogP contribution is 2.37. The second-order valence-electron chi connectivity index (χ2n) is 11.4. The fourth-order valence-corrected chi connectivity index (χ4v) is 6.30. The van der Waals surface area contributed by atoms with Crippen LogP contribution < -0.4 is 4.90 Å². The van der Waals surface area contributed by atoms with Gasteiger partial charge in [0.25, 0.3) is 0 Å². The number of benzene rings is 2. The van der Waals surface area contributed by atoms with Crippen molar-refractivity contribution in [1.29, 1.82) is 5.26 Å². The summed E-state index contributed by atoms with van der Waals surface area (Å²) in [5, 5.41) is 14.3. The number of nitrogens with zero attached hydrogens (tertiary/aromatic N) is 6. The molecule has 8 rings (SSSR count). The van der Waals surface area contributed by atoms with Crippen LogP contribution in [0.5, 0.6) is 0 Å². The van der Waals surface area contributed by atoms with Gasteiger partial charge in [-0.15, -0.1) is 0 Å². The number of nitriles is 1. The lowest BCUT2D eigenvalue weighted by Gasteiger charge is -2.56. The zero-order chi connectivity index (χ0) is 27.2. The molecule has 0 amide bonds. The smallest absolute Gasteiger partial charge is 0.128 e. The Kier molecular flexibility index (Phi) is 6.10. The maximum atomic E-state index is 9.79. The third-order valence-electron chi connectivity index (χ3n) is 8.58. The first-order valence-corrected chi connectivity index (χ1v) is 14.1. The van der Waals surface area contributed by atoms with Crippen LogP contribution in [0.25, 0.3) is 27.8 Å². The molecule has 198 valence electrons. The van der Waals surface area contributed by atoms with Gasteiger partial charge < -0.3 is 4.90 Å². The van der Waals surface area contributed by atoms with E-state index in [1.54, 1.807) is 6.20 Å². The highest BCUT2D eigenvalue weighted by molar-refractivity contribution is 5.87. The topological polar surface area (TPSA) is 60.5 Å². The second-order valence-corrected chi connectivity index (χ2v) is 11.4. The van der Waals surface area contributed by atoms with Gasteiger partial charge in [-0.3, -0.25) is 4.90 Å². The maximum absolute atomic E-state index is 9.79. The Bertz CT molecular complexity index is 1680. The summed E-state index contributed by atoms with van der Waals surface area (Å²) in [5.74, 6) is 1.50. The number of rotatable bonds is 6. The van der Waals surface area contributed by atoms with E-state index in [4.69, 9.17) is 4.98 Å². The van der Waals surface area contributed by atoms with Crippen molar-refractivity contribution in [2.75, 3.05) is 18.0 Å². The van der Waals surface area contributed by atoms with E-state index in [1.165, 1.54) is 17.5 Å². The first kappa shape index (κ1) is 24.6. The van der Waals surface area contributed by atoms with E-state index in [9.17, 15) is 5.26 Å². The molecule has 40 heavy (non-hydrogen) atoms. The molecule has 2 unspecified atom stereocenters. The lowest BCUT2D eigenvalue weighted by atomic mass is 9.86. The molecule has 2 atom stereocenters. The summed E-state index contributed by atoms with van der Waals surface area (Å²) in [7, 11) is 0. The molecule has 3 aromatic heterocycles. The van der Waals surface area contributed by atoms with Crippen LogP contribution in [0.2, 0.25) is 0 Å². The van der Waals surface area contributed by atoms with Crippen molar-refractivity contribution >= 4 is 11.3 Å². The lowest BCUT2D eigenvalue weighted by Crippen LogP contribution is -2.68. The van der Waals surface area contributed by atoms with Gasteiger partial charge in [0.15, 0.2) is 0 Å². The Morgan fingerprint density at radius 2 is 1.65 bits per heavy atom. The number of piperidine rings is 1. The Morgan fingerprint density at radius 1 is 0.900 bits per heavy atom. The molecule has 2 bridgehead atoms. The van der Waals surface area contributed by atoms with Gasteiger partial charge in [-0.05, 0) is 47.2 Å². The number of anilines is 1. The van der Waals surface area contributed by atoms with Crippen LogP contribution in [-0.2, 0) is 6.54 Å². The van der Waals surface area contributed by atoms with Crippen LogP contribution in [0, 0.1) is 11.3 Å². The molecule has 3 aliphatic heterocycles.